The number of nitrogens with one attached hydrogen (secondary N) is 1. The van der Waals surface area contributed by atoms with E-state index in [0.717, 1.165) is 6.42 Å². The molecular formula is C11H18N2O4. The summed E-state index contributed by atoms with van der Waals surface area (Å²) in [6.07, 6.45) is 0.0345. The largest absolute Gasteiger partial charge is 0.477 e. The monoisotopic (exact) mass is 242 g/mol. The minimum Gasteiger partial charge on any atom is -0.477 e. The molecule has 1 aliphatic rings. The zero-order chi connectivity index (χ0) is 13.0. The minimum atomic E-state index is -1.14. The standard InChI is InChI=1S/C11H18N2O4/c1-4-7(6(2)3)12-10(14)9-5-8(11(15)16)13-17-9/h6-7,9H,4-5H2,1-3H3,(H,12,14)(H,15,16). The van der Waals surface area contributed by atoms with Gasteiger partial charge >= 0.3 is 5.97 Å². The van der Waals surface area contributed by atoms with E-state index >= 15 is 0 Å². The fraction of sp³-hybridized carbons (Fsp3) is 0.727. The first kappa shape index (κ1) is 13.5. The number of nitrogens with zero attached hydrogens (tertiary/aromatic N) is 1. The average molecular weight is 242 g/mol. The van der Waals surface area contributed by atoms with Crippen LogP contribution in [0.15, 0.2) is 5.16 Å². The van der Waals surface area contributed by atoms with Gasteiger partial charge in [-0.15, -0.1) is 0 Å². The van der Waals surface area contributed by atoms with Crippen LogP contribution in [0.25, 0.3) is 0 Å². The first-order valence-corrected chi connectivity index (χ1v) is 5.72. The molecule has 0 spiro atoms. The highest BCUT2D eigenvalue weighted by Crippen LogP contribution is 2.13. The molecule has 0 fully saturated rings. The summed E-state index contributed by atoms with van der Waals surface area (Å²) in [5.41, 5.74) is -0.109. The molecule has 2 N–H and O–H groups in total. The first-order chi connectivity index (χ1) is 7.95. The number of aliphatic carboxylic acids is 1. The van der Waals surface area contributed by atoms with Crippen LogP contribution in [-0.4, -0.2) is 34.8 Å². The van der Waals surface area contributed by atoms with Gasteiger partial charge in [0.25, 0.3) is 5.91 Å². The molecule has 0 saturated carbocycles. The van der Waals surface area contributed by atoms with Crippen molar-refractivity contribution in [3.8, 4) is 0 Å². The second-order valence-corrected chi connectivity index (χ2v) is 4.41. The lowest BCUT2D eigenvalue weighted by Gasteiger charge is -2.21. The molecule has 0 aromatic rings. The highest BCUT2D eigenvalue weighted by molar-refractivity contribution is 6.36. The number of carboxylic acids is 1. The lowest BCUT2D eigenvalue weighted by Crippen LogP contribution is -2.43. The van der Waals surface area contributed by atoms with Crippen molar-refractivity contribution in [2.75, 3.05) is 0 Å². The number of rotatable bonds is 5. The zero-order valence-electron chi connectivity index (χ0n) is 10.3. The number of hydrogen-bond donors (Lipinski definition) is 2. The third-order valence-corrected chi connectivity index (χ3v) is 2.78. The van der Waals surface area contributed by atoms with Crippen LogP contribution in [-0.2, 0) is 14.4 Å². The third kappa shape index (κ3) is 3.44. The van der Waals surface area contributed by atoms with E-state index < -0.39 is 12.1 Å². The molecule has 6 heteroatoms. The Hall–Kier alpha value is -1.59. The fourth-order valence-corrected chi connectivity index (χ4v) is 1.66. The van der Waals surface area contributed by atoms with E-state index in [1.807, 2.05) is 20.8 Å². The topological polar surface area (TPSA) is 88.0 Å². The SMILES string of the molecule is CCC(NC(=O)C1CC(C(=O)O)=NO1)C(C)C. The van der Waals surface area contributed by atoms with E-state index in [1.54, 1.807) is 0 Å². The Balaban J connectivity index is 2.49. The number of carbonyl (C=O) groups is 2. The molecule has 0 aromatic heterocycles. The van der Waals surface area contributed by atoms with E-state index in [2.05, 4.69) is 10.5 Å². The maximum Gasteiger partial charge on any atom is 0.353 e. The van der Waals surface area contributed by atoms with Gasteiger partial charge in [-0.1, -0.05) is 25.9 Å². The normalized spacial score (nSPS) is 20.7. The van der Waals surface area contributed by atoms with Crippen molar-refractivity contribution in [1.29, 1.82) is 0 Å². The minimum absolute atomic E-state index is 0.0235. The maximum atomic E-state index is 11.8. The number of amides is 1. The zero-order valence-corrected chi connectivity index (χ0v) is 10.3. The third-order valence-electron chi connectivity index (χ3n) is 2.78. The van der Waals surface area contributed by atoms with Gasteiger partial charge in [0.2, 0.25) is 6.10 Å². The summed E-state index contributed by atoms with van der Waals surface area (Å²) in [4.78, 5) is 27.2. The average Bonchev–Trinajstić information content (AvgIpc) is 2.74. The van der Waals surface area contributed by atoms with Crippen LogP contribution in [0.1, 0.15) is 33.6 Å². The Morgan fingerprint density at radius 2 is 2.24 bits per heavy atom. The van der Waals surface area contributed by atoms with E-state index in [-0.39, 0.29) is 24.1 Å². The van der Waals surface area contributed by atoms with Crippen LogP contribution >= 0.6 is 0 Å². The molecule has 1 amide bonds. The Labute approximate surface area is 100 Å². The number of carbonyl (C=O) groups excluding carboxylic acids is 1. The quantitative estimate of drug-likeness (QED) is 0.745. The number of oxime groups is 1. The Morgan fingerprint density at radius 1 is 1.59 bits per heavy atom. The van der Waals surface area contributed by atoms with E-state index in [4.69, 9.17) is 9.94 Å². The van der Waals surface area contributed by atoms with Crippen LogP contribution in [0.4, 0.5) is 0 Å². The summed E-state index contributed by atoms with van der Waals surface area (Å²) < 4.78 is 0. The van der Waals surface area contributed by atoms with Crippen LogP contribution in [0.3, 0.4) is 0 Å². The van der Waals surface area contributed by atoms with Gasteiger partial charge in [-0.05, 0) is 12.3 Å². The Kier molecular flexibility index (Phi) is 4.48. The molecule has 2 unspecified atom stereocenters. The van der Waals surface area contributed by atoms with Gasteiger partial charge in [-0.3, -0.25) is 4.79 Å². The van der Waals surface area contributed by atoms with Gasteiger partial charge in [0.1, 0.15) is 0 Å². The maximum absolute atomic E-state index is 11.8. The van der Waals surface area contributed by atoms with E-state index in [1.165, 1.54) is 0 Å². The first-order valence-electron chi connectivity index (χ1n) is 5.72. The predicted octanol–water partition coefficient (Wildman–Crippen LogP) is 0.767. The van der Waals surface area contributed by atoms with Crippen molar-refractivity contribution in [3.05, 3.63) is 0 Å². The van der Waals surface area contributed by atoms with Crippen molar-refractivity contribution in [2.45, 2.75) is 45.8 Å². The predicted molar refractivity (Wildman–Crippen MR) is 61.6 cm³/mol. The van der Waals surface area contributed by atoms with Crippen LogP contribution in [0.2, 0.25) is 0 Å². The molecule has 17 heavy (non-hydrogen) atoms. The summed E-state index contributed by atoms with van der Waals surface area (Å²) in [6, 6.07) is 0.0694. The molecule has 2 atom stereocenters. The highest BCUT2D eigenvalue weighted by atomic mass is 16.6. The molecule has 0 bridgehead atoms. The molecule has 0 aliphatic carbocycles. The van der Waals surface area contributed by atoms with Crippen molar-refractivity contribution >= 4 is 17.6 Å². The molecule has 0 radical (unpaired) electrons. The van der Waals surface area contributed by atoms with Gasteiger partial charge in [0, 0.05) is 12.5 Å². The van der Waals surface area contributed by atoms with Gasteiger partial charge in [0.05, 0.1) is 0 Å². The van der Waals surface area contributed by atoms with Crippen LogP contribution in [0.5, 0.6) is 0 Å². The van der Waals surface area contributed by atoms with Gasteiger partial charge in [-0.25, -0.2) is 4.79 Å². The summed E-state index contributed by atoms with van der Waals surface area (Å²) in [5, 5.41) is 14.9. The van der Waals surface area contributed by atoms with Crippen molar-refractivity contribution in [3.63, 3.8) is 0 Å². The Morgan fingerprint density at radius 3 is 2.65 bits per heavy atom. The number of carboxylic acid groups (broad SMARTS) is 1. The highest BCUT2D eigenvalue weighted by Gasteiger charge is 2.32. The molecule has 1 heterocycles. The van der Waals surface area contributed by atoms with Gasteiger partial charge in [-0.2, -0.15) is 0 Å². The van der Waals surface area contributed by atoms with E-state index in [9.17, 15) is 9.59 Å². The summed E-state index contributed by atoms with van der Waals surface area (Å²) in [6.45, 7) is 6.02. The fourth-order valence-electron chi connectivity index (χ4n) is 1.66. The van der Waals surface area contributed by atoms with Crippen molar-refractivity contribution in [1.82, 2.24) is 5.32 Å². The van der Waals surface area contributed by atoms with Crippen LogP contribution < -0.4 is 5.32 Å². The lowest BCUT2D eigenvalue weighted by molar-refractivity contribution is -0.132. The summed E-state index contributed by atoms with van der Waals surface area (Å²) >= 11 is 0. The summed E-state index contributed by atoms with van der Waals surface area (Å²) in [7, 11) is 0. The lowest BCUT2D eigenvalue weighted by atomic mass is 10.0. The van der Waals surface area contributed by atoms with Crippen molar-refractivity contribution < 1.29 is 19.5 Å². The smallest absolute Gasteiger partial charge is 0.353 e. The summed E-state index contributed by atoms with van der Waals surface area (Å²) in [5.74, 6) is -1.12. The molecule has 0 saturated heterocycles. The molecule has 1 aliphatic heterocycles. The molecular weight excluding hydrogens is 224 g/mol. The number of hydrogen-bond acceptors (Lipinski definition) is 4. The second-order valence-electron chi connectivity index (χ2n) is 4.41. The van der Waals surface area contributed by atoms with Gasteiger partial charge < -0.3 is 15.3 Å². The van der Waals surface area contributed by atoms with Gasteiger partial charge in [0.15, 0.2) is 5.71 Å². The molecule has 6 nitrogen and oxygen atoms in total. The molecule has 0 aromatic carbocycles. The van der Waals surface area contributed by atoms with Crippen molar-refractivity contribution in [2.24, 2.45) is 11.1 Å². The van der Waals surface area contributed by atoms with E-state index in [0.29, 0.717) is 5.92 Å². The second kappa shape index (κ2) is 5.65. The van der Waals surface area contributed by atoms with Crippen LogP contribution in [0, 0.1) is 5.92 Å². The Bertz CT molecular complexity index is 338. The molecule has 96 valence electrons. The molecule has 1 rings (SSSR count).